The number of pyridine rings is 1. The van der Waals surface area contributed by atoms with E-state index in [4.69, 9.17) is 22.4 Å². The van der Waals surface area contributed by atoms with E-state index in [9.17, 15) is 4.79 Å². The molecular formula is C12H9BrClN3O2. The number of nitrogens with zero attached hydrogens (tertiary/aromatic N) is 1. The van der Waals surface area contributed by atoms with Crippen LogP contribution in [0.5, 0.6) is 0 Å². The van der Waals surface area contributed by atoms with Gasteiger partial charge in [0, 0.05) is 9.50 Å². The van der Waals surface area contributed by atoms with E-state index in [1.807, 2.05) is 0 Å². The van der Waals surface area contributed by atoms with Crippen LogP contribution in [-0.4, -0.2) is 16.1 Å². The van der Waals surface area contributed by atoms with Crippen molar-refractivity contribution in [3.8, 4) is 0 Å². The lowest BCUT2D eigenvalue weighted by Gasteiger charge is -2.10. The lowest BCUT2D eigenvalue weighted by atomic mass is 10.2. The summed E-state index contributed by atoms with van der Waals surface area (Å²) in [5, 5.41) is 12.6. The predicted octanol–water partition coefficient (Wildman–Crippen LogP) is 3.52. The SMILES string of the molecule is Nc1cnc(Nc2ccc(Cl)cc2Br)c(C(=O)O)c1. The Labute approximate surface area is 122 Å². The van der Waals surface area contributed by atoms with Crippen molar-refractivity contribution < 1.29 is 9.90 Å². The molecule has 0 spiro atoms. The Morgan fingerprint density at radius 1 is 1.42 bits per heavy atom. The van der Waals surface area contributed by atoms with Crippen LogP contribution in [0, 0.1) is 0 Å². The quantitative estimate of drug-likeness (QED) is 0.794. The van der Waals surface area contributed by atoms with Gasteiger partial charge >= 0.3 is 5.97 Å². The first-order valence-electron chi connectivity index (χ1n) is 5.18. The number of nitrogens with one attached hydrogen (secondary N) is 1. The summed E-state index contributed by atoms with van der Waals surface area (Å²) in [6.07, 6.45) is 1.39. The number of rotatable bonds is 3. The summed E-state index contributed by atoms with van der Waals surface area (Å²) in [6.45, 7) is 0. The van der Waals surface area contributed by atoms with Crippen LogP contribution in [-0.2, 0) is 0 Å². The largest absolute Gasteiger partial charge is 0.478 e. The average Bonchev–Trinajstić information content (AvgIpc) is 2.34. The number of hydrogen-bond donors (Lipinski definition) is 3. The minimum atomic E-state index is -1.10. The topological polar surface area (TPSA) is 88.2 Å². The van der Waals surface area contributed by atoms with E-state index < -0.39 is 5.97 Å². The van der Waals surface area contributed by atoms with Crippen LogP contribution in [0.25, 0.3) is 0 Å². The molecule has 4 N–H and O–H groups in total. The molecule has 0 aliphatic carbocycles. The number of carboxylic acids is 1. The van der Waals surface area contributed by atoms with Gasteiger partial charge in [0.05, 0.1) is 17.6 Å². The van der Waals surface area contributed by atoms with Crippen LogP contribution in [0.1, 0.15) is 10.4 Å². The summed E-state index contributed by atoms with van der Waals surface area (Å²) in [5.74, 6) is -0.892. The molecule has 2 rings (SSSR count). The van der Waals surface area contributed by atoms with Crippen molar-refractivity contribution in [2.45, 2.75) is 0 Å². The first-order chi connectivity index (χ1) is 8.97. The zero-order chi connectivity index (χ0) is 14.0. The number of carbonyl (C=O) groups is 1. The number of anilines is 3. The molecule has 1 aromatic heterocycles. The minimum absolute atomic E-state index is 0.00171. The molecule has 0 aliphatic heterocycles. The fraction of sp³-hybridized carbons (Fsp3) is 0. The molecule has 98 valence electrons. The number of hydrogen-bond acceptors (Lipinski definition) is 4. The fourth-order valence-electron chi connectivity index (χ4n) is 1.46. The number of nitrogen functional groups attached to an aromatic ring is 1. The molecule has 2 aromatic rings. The molecule has 0 bridgehead atoms. The maximum Gasteiger partial charge on any atom is 0.339 e. The number of carboxylic acid groups (broad SMARTS) is 1. The Kier molecular flexibility index (Phi) is 3.92. The fourth-order valence-corrected chi connectivity index (χ4v) is 2.24. The summed E-state index contributed by atoms with van der Waals surface area (Å²) < 4.78 is 0.704. The molecule has 0 atom stereocenters. The summed E-state index contributed by atoms with van der Waals surface area (Å²) in [7, 11) is 0. The zero-order valence-electron chi connectivity index (χ0n) is 9.52. The molecule has 0 fully saturated rings. The van der Waals surface area contributed by atoms with Gasteiger partial charge in [-0.15, -0.1) is 0 Å². The lowest BCUT2D eigenvalue weighted by Crippen LogP contribution is -2.06. The van der Waals surface area contributed by atoms with E-state index in [0.29, 0.717) is 15.2 Å². The standard InChI is InChI=1S/C12H9BrClN3O2/c13-9-3-6(14)1-2-10(9)17-11-8(12(18)19)4-7(15)5-16-11/h1-5H,15H2,(H,16,17)(H,18,19). The predicted molar refractivity (Wildman–Crippen MR) is 78.0 cm³/mol. The van der Waals surface area contributed by atoms with Crippen molar-refractivity contribution in [2.24, 2.45) is 0 Å². The zero-order valence-corrected chi connectivity index (χ0v) is 11.9. The van der Waals surface area contributed by atoms with E-state index in [2.05, 4.69) is 26.2 Å². The van der Waals surface area contributed by atoms with Gasteiger partial charge in [-0.1, -0.05) is 11.6 Å². The number of aromatic nitrogens is 1. The lowest BCUT2D eigenvalue weighted by molar-refractivity contribution is 0.0697. The van der Waals surface area contributed by atoms with Gasteiger partial charge in [0.15, 0.2) is 0 Å². The summed E-state index contributed by atoms with van der Waals surface area (Å²) in [5.41, 5.74) is 6.48. The summed E-state index contributed by atoms with van der Waals surface area (Å²) >= 11 is 9.17. The molecule has 1 heterocycles. The first-order valence-corrected chi connectivity index (χ1v) is 6.35. The van der Waals surface area contributed by atoms with Gasteiger partial charge < -0.3 is 16.2 Å². The van der Waals surface area contributed by atoms with Gasteiger partial charge in [0.1, 0.15) is 11.4 Å². The van der Waals surface area contributed by atoms with Gasteiger partial charge in [-0.2, -0.15) is 0 Å². The van der Waals surface area contributed by atoms with Crippen LogP contribution >= 0.6 is 27.5 Å². The van der Waals surface area contributed by atoms with E-state index in [1.54, 1.807) is 18.2 Å². The number of nitrogens with two attached hydrogens (primary N) is 1. The average molecular weight is 343 g/mol. The highest BCUT2D eigenvalue weighted by Crippen LogP contribution is 2.29. The Morgan fingerprint density at radius 2 is 2.16 bits per heavy atom. The maximum absolute atomic E-state index is 11.1. The third kappa shape index (κ3) is 3.15. The monoisotopic (exact) mass is 341 g/mol. The third-order valence-corrected chi connectivity index (χ3v) is 3.21. The van der Waals surface area contributed by atoms with Crippen molar-refractivity contribution in [1.82, 2.24) is 4.98 Å². The molecule has 0 radical (unpaired) electrons. The van der Waals surface area contributed by atoms with Gasteiger partial charge in [-0.3, -0.25) is 0 Å². The normalized spacial score (nSPS) is 10.2. The Hall–Kier alpha value is -1.79. The van der Waals surface area contributed by atoms with Gasteiger partial charge in [-0.05, 0) is 40.2 Å². The second-order valence-corrected chi connectivity index (χ2v) is 5.01. The second kappa shape index (κ2) is 5.46. The molecule has 0 aliphatic rings. The molecule has 0 unspecified atom stereocenters. The van der Waals surface area contributed by atoms with E-state index in [0.717, 1.165) is 0 Å². The maximum atomic E-state index is 11.1. The van der Waals surface area contributed by atoms with Crippen molar-refractivity contribution >= 4 is 50.7 Å². The second-order valence-electron chi connectivity index (χ2n) is 3.72. The highest BCUT2D eigenvalue weighted by molar-refractivity contribution is 9.10. The van der Waals surface area contributed by atoms with Crippen molar-refractivity contribution in [3.63, 3.8) is 0 Å². The highest BCUT2D eigenvalue weighted by Gasteiger charge is 2.13. The molecule has 0 amide bonds. The smallest absolute Gasteiger partial charge is 0.339 e. The summed E-state index contributed by atoms with van der Waals surface area (Å²) in [6, 6.07) is 6.45. The number of aromatic carboxylic acids is 1. The number of halogens is 2. The van der Waals surface area contributed by atoms with Crippen molar-refractivity contribution in [3.05, 3.63) is 45.5 Å². The molecule has 7 heteroatoms. The van der Waals surface area contributed by atoms with Crippen LogP contribution in [0.4, 0.5) is 17.2 Å². The minimum Gasteiger partial charge on any atom is -0.478 e. The van der Waals surface area contributed by atoms with Crippen LogP contribution in [0.15, 0.2) is 34.9 Å². The van der Waals surface area contributed by atoms with E-state index in [-0.39, 0.29) is 17.1 Å². The Bertz CT molecular complexity index is 649. The Morgan fingerprint density at radius 3 is 2.79 bits per heavy atom. The number of benzene rings is 1. The highest BCUT2D eigenvalue weighted by atomic mass is 79.9. The molecule has 0 saturated heterocycles. The van der Waals surface area contributed by atoms with Gasteiger partial charge in [-0.25, -0.2) is 9.78 Å². The van der Waals surface area contributed by atoms with Crippen molar-refractivity contribution in [1.29, 1.82) is 0 Å². The Balaban J connectivity index is 2.40. The first kappa shape index (κ1) is 13.6. The van der Waals surface area contributed by atoms with E-state index >= 15 is 0 Å². The van der Waals surface area contributed by atoms with Crippen molar-refractivity contribution in [2.75, 3.05) is 11.1 Å². The molecule has 0 saturated carbocycles. The molecule has 5 nitrogen and oxygen atoms in total. The third-order valence-electron chi connectivity index (χ3n) is 2.32. The van der Waals surface area contributed by atoms with Gasteiger partial charge in [0.25, 0.3) is 0 Å². The molecule has 19 heavy (non-hydrogen) atoms. The molecular weight excluding hydrogens is 334 g/mol. The molecule has 1 aromatic carbocycles. The summed E-state index contributed by atoms with van der Waals surface area (Å²) in [4.78, 5) is 15.1. The van der Waals surface area contributed by atoms with Crippen LogP contribution in [0.3, 0.4) is 0 Å². The van der Waals surface area contributed by atoms with Crippen LogP contribution in [0.2, 0.25) is 5.02 Å². The van der Waals surface area contributed by atoms with Crippen LogP contribution < -0.4 is 11.1 Å². The van der Waals surface area contributed by atoms with E-state index in [1.165, 1.54) is 12.3 Å². The van der Waals surface area contributed by atoms with Gasteiger partial charge in [0.2, 0.25) is 0 Å².